The van der Waals surface area contributed by atoms with Gasteiger partial charge in [-0.3, -0.25) is 4.79 Å². The van der Waals surface area contributed by atoms with E-state index >= 15 is 0 Å². The molecular weight excluding hydrogens is 264 g/mol. The number of sulfonamides is 1. The molecule has 1 amide bonds. The number of carbonyl (C=O) groups excluding carboxylic acids is 1. The van der Waals surface area contributed by atoms with Crippen LogP contribution in [-0.2, 0) is 10.0 Å². The number of aryl methyl sites for hydroxylation is 1. The van der Waals surface area contributed by atoms with Gasteiger partial charge in [0, 0.05) is 18.7 Å². The summed E-state index contributed by atoms with van der Waals surface area (Å²) < 4.78 is 22.7. The molecular formula is C13H16N2O3S. The van der Waals surface area contributed by atoms with Crippen LogP contribution in [0.15, 0.2) is 35.2 Å². The molecule has 0 saturated heterocycles. The number of nitrogens with zero attached hydrogens (tertiary/aromatic N) is 1. The van der Waals surface area contributed by atoms with E-state index in [0.29, 0.717) is 18.7 Å². The molecule has 0 aliphatic carbocycles. The summed E-state index contributed by atoms with van der Waals surface area (Å²) in [7, 11) is -3.79. The standard InChI is InChI=1S/C13H16N2O3S/c1-10-5-6-11(19(14,17)18)9-12(10)13(16)15-7-3-2-4-8-15/h2-3,5-6,9H,4,7-8H2,1H3,(H2,14,17,18). The van der Waals surface area contributed by atoms with Crippen molar-refractivity contribution < 1.29 is 13.2 Å². The Bertz CT molecular complexity index is 635. The van der Waals surface area contributed by atoms with E-state index in [1.54, 1.807) is 17.9 Å². The Morgan fingerprint density at radius 1 is 1.32 bits per heavy atom. The topological polar surface area (TPSA) is 80.5 Å². The average Bonchev–Trinajstić information content (AvgIpc) is 2.38. The molecule has 1 aliphatic heterocycles. The second-order valence-electron chi connectivity index (χ2n) is 4.53. The minimum Gasteiger partial charge on any atom is -0.335 e. The number of primary sulfonamides is 1. The summed E-state index contributed by atoms with van der Waals surface area (Å²) in [5.41, 5.74) is 1.13. The Labute approximate surface area is 112 Å². The smallest absolute Gasteiger partial charge is 0.254 e. The molecule has 0 saturated carbocycles. The van der Waals surface area contributed by atoms with Crippen molar-refractivity contribution in [2.45, 2.75) is 18.2 Å². The van der Waals surface area contributed by atoms with Gasteiger partial charge in [0.2, 0.25) is 10.0 Å². The molecule has 6 heteroatoms. The summed E-state index contributed by atoms with van der Waals surface area (Å²) >= 11 is 0. The number of carbonyl (C=O) groups is 1. The predicted octanol–water partition coefficient (Wildman–Crippen LogP) is 1.04. The van der Waals surface area contributed by atoms with Crippen LogP contribution in [0.4, 0.5) is 0 Å². The van der Waals surface area contributed by atoms with Crippen LogP contribution in [0.5, 0.6) is 0 Å². The molecule has 1 aromatic carbocycles. The van der Waals surface area contributed by atoms with Crippen molar-refractivity contribution in [3.8, 4) is 0 Å². The first-order valence-corrected chi connectivity index (χ1v) is 7.52. The van der Waals surface area contributed by atoms with E-state index in [1.165, 1.54) is 12.1 Å². The molecule has 2 rings (SSSR count). The lowest BCUT2D eigenvalue weighted by Crippen LogP contribution is -2.34. The highest BCUT2D eigenvalue weighted by molar-refractivity contribution is 7.89. The molecule has 1 aromatic rings. The first-order chi connectivity index (χ1) is 8.89. The quantitative estimate of drug-likeness (QED) is 0.822. The van der Waals surface area contributed by atoms with Crippen LogP contribution in [-0.4, -0.2) is 32.3 Å². The molecule has 102 valence electrons. The monoisotopic (exact) mass is 280 g/mol. The first kappa shape index (κ1) is 13.8. The van der Waals surface area contributed by atoms with Gasteiger partial charge in [-0.25, -0.2) is 13.6 Å². The maximum atomic E-state index is 12.4. The predicted molar refractivity (Wildman–Crippen MR) is 72.2 cm³/mol. The number of rotatable bonds is 2. The number of amides is 1. The summed E-state index contributed by atoms with van der Waals surface area (Å²) in [6.07, 6.45) is 4.78. The Hall–Kier alpha value is -1.66. The number of hydrogen-bond acceptors (Lipinski definition) is 3. The number of nitrogens with two attached hydrogens (primary N) is 1. The zero-order valence-electron chi connectivity index (χ0n) is 10.7. The van der Waals surface area contributed by atoms with Gasteiger partial charge in [-0.15, -0.1) is 0 Å². The van der Waals surface area contributed by atoms with Crippen LogP contribution in [0.2, 0.25) is 0 Å². The molecule has 5 nitrogen and oxygen atoms in total. The third-order valence-corrected chi connectivity index (χ3v) is 4.02. The van der Waals surface area contributed by atoms with E-state index in [0.717, 1.165) is 12.0 Å². The van der Waals surface area contributed by atoms with Crippen LogP contribution >= 0.6 is 0 Å². The Kier molecular flexibility index (Phi) is 3.73. The molecule has 19 heavy (non-hydrogen) atoms. The van der Waals surface area contributed by atoms with E-state index in [-0.39, 0.29) is 10.8 Å². The van der Waals surface area contributed by atoms with E-state index in [1.807, 2.05) is 12.2 Å². The van der Waals surface area contributed by atoms with Crippen LogP contribution in [0.25, 0.3) is 0 Å². The number of hydrogen-bond donors (Lipinski definition) is 1. The highest BCUT2D eigenvalue weighted by Crippen LogP contribution is 2.17. The molecule has 0 atom stereocenters. The maximum Gasteiger partial charge on any atom is 0.254 e. The lowest BCUT2D eigenvalue weighted by molar-refractivity contribution is 0.0770. The van der Waals surface area contributed by atoms with Crippen molar-refractivity contribution in [3.63, 3.8) is 0 Å². The Morgan fingerprint density at radius 3 is 2.63 bits per heavy atom. The van der Waals surface area contributed by atoms with Crippen LogP contribution in [0, 0.1) is 6.92 Å². The molecule has 1 heterocycles. The lowest BCUT2D eigenvalue weighted by Gasteiger charge is -2.24. The van der Waals surface area contributed by atoms with Crippen molar-refractivity contribution in [1.82, 2.24) is 4.90 Å². The van der Waals surface area contributed by atoms with Gasteiger partial charge in [-0.2, -0.15) is 0 Å². The average molecular weight is 280 g/mol. The zero-order valence-corrected chi connectivity index (χ0v) is 11.5. The van der Waals surface area contributed by atoms with E-state index < -0.39 is 10.0 Å². The Balaban J connectivity index is 2.38. The summed E-state index contributed by atoms with van der Waals surface area (Å²) in [5, 5.41) is 5.09. The summed E-state index contributed by atoms with van der Waals surface area (Å²) in [5.74, 6) is -0.160. The van der Waals surface area contributed by atoms with Gasteiger partial charge in [0.1, 0.15) is 0 Å². The largest absolute Gasteiger partial charge is 0.335 e. The van der Waals surface area contributed by atoms with E-state index in [4.69, 9.17) is 5.14 Å². The van der Waals surface area contributed by atoms with Crippen molar-refractivity contribution in [1.29, 1.82) is 0 Å². The molecule has 1 aliphatic rings. The highest BCUT2D eigenvalue weighted by Gasteiger charge is 2.20. The second-order valence-corrected chi connectivity index (χ2v) is 6.09. The Morgan fingerprint density at radius 2 is 2.05 bits per heavy atom. The summed E-state index contributed by atoms with van der Waals surface area (Å²) in [6, 6.07) is 4.37. The van der Waals surface area contributed by atoms with Gasteiger partial charge >= 0.3 is 0 Å². The molecule has 0 unspecified atom stereocenters. The molecule has 2 N–H and O–H groups in total. The third kappa shape index (κ3) is 3.02. The fraction of sp³-hybridized carbons (Fsp3) is 0.308. The molecule has 0 spiro atoms. The van der Waals surface area contributed by atoms with Gasteiger partial charge in [-0.05, 0) is 31.0 Å². The molecule has 0 aromatic heterocycles. The fourth-order valence-corrected chi connectivity index (χ4v) is 2.54. The van der Waals surface area contributed by atoms with Crippen molar-refractivity contribution in [2.24, 2.45) is 5.14 Å². The van der Waals surface area contributed by atoms with Crippen molar-refractivity contribution in [2.75, 3.05) is 13.1 Å². The highest BCUT2D eigenvalue weighted by atomic mass is 32.2. The normalized spacial score (nSPS) is 15.6. The van der Waals surface area contributed by atoms with Crippen molar-refractivity contribution in [3.05, 3.63) is 41.5 Å². The SMILES string of the molecule is Cc1ccc(S(N)(=O)=O)cc1C(=O)N1CC=CCC1. The number of benzene rings is 1. The van der Waals surface area contributed by atoms with Crippen LogP contribution in [0.1, 0.15) is 22.3 Å². The van der Waals surface area contributed by atoms with Crippen LogP contribution in [0.3, 0.4) is 0 Å². The molecule has 0 bridgehead atoms. The molecule has 0 fully saturated rings. The third-order valence-electron chi connectivity index (χ3n) is 3.11. The zero-order chi connectivity index (χ0) is 14.0. The van der Waals surface area contributed by atoms with Gasteiger partial charge < -0.3 is 4.90 Å². The molecule has 0 radical (unpaired) electrons. The summed E-state index contributed by atoms with van der Waals surface area (Å²) in [6.45, 7) is 2.98. The van der Waals surface area contributed by atoms with E-state index in [2.05, 4.69) is 0 Å². The minimum absolute atomic E-state index is 0.0333. The minimum atomic E-state index is -3.79. The van der Waals surface area contributed by atoms with Crippen LogP contribution < -0.4 is 5.14 Å². The fourth-order valence-electron chi connectivity index (χ4n) is 2.00. The van der Waals surface area contributed by atoms with E-state index in [9.17, 15) is 13.2 Å². The maximum absolute atomic E-state index is 12.4. The van der Waals surface area contributed by atoms with Gasteiger partial charge in [-0.1, -0.05) is 18.2 Å². The van der Waals surface area contributed by atoms with Gasteiger partial charge in [0.05, 0.1) is 4.90 Å². The van der Waals surface area contributed by atoms with Gasteiger partial charge in [0.15, 0.2) is 0 Å². The first-order valence-electron chi connectivity index (χ1n) is 5.97. The van der Waals surface area contributed by atoms with Crippen molar-refractivity contribution >= 4 is 15.9 Å². The summed E-state index contributed by atoms with van der Waals surface area (Å²) in [4.78, 5) is 14.0. The lowest BCUT2D eigenvalue weighted by atomic mass is 10.1. The van der Waals surface area contributed by atoms with Gasteiger partial charge in [0.25, 0.3) is 5.91 Å². The second kappa shape index (κ2) is 5.14.